The molecule has 0 aliphatic carbocycles. The van der Waals surface area contributed by atoms with Gasteiger partial charge in [-0.3, -0.25) is 4.79 Å². The van der Waals surface area contributed by atoms with Gasteiger partial charge in [0, 0.05) is 23.7 Å². The van der Waals surface area contributed by atoms with Crippen molar-refractivity contribution in [3.63, 3.8) is 0 Å². The maximum absolute atomic E-state index is 12.4. The van der Waals surface area contributed by atoms with Gasteiger partial charge in [-0.05, 0) is 38.0 Å². The van der Waals surface area contributed by atoms with E-state index >= 15 is 0 Å². The van der Waals surface area contributed by atoms with Crippen LogP contribution in [0.15, 0.2) is 24.3 Å². The summed E-state index contributed by atoms with van der Waals surface area (Å²) in [6, 6.07) is 7.07. The molecule has 92 valence electrons. The molecule has 1 aromatic rings. The Morgan fingerprint density at radius 1 is 1.59 bits per heavy atom. The van der Waals surface area contributed by atoms with Crippen LogP contribution in [0.25, 0.3) is 0 Å². The number of benzene rings is 1. The lowest BCUT2D eigenvalue weighted by molar-refractivity contribution is 0.0637. The molecule has 1 aromatic carbocycles. The SMILES string of the molecule is CC1(CN)CCCN1C(=O)c1cccc(Cl)c1. The van der Waals surface area contributed by atoms with Crippen LogP contribution in [0.4, 0.5) is 0 Å². The van der Waals surface area contributed by atoms with Crippen molar-refractivity contribution in [2.45, 2.75) is 25.3 Å². The van der Waals surface area contributed by atoms with Crippen LogP contribution < -0.4 is 5.73 Å². The van der Waals surface area contributed by atoms with Crippen LogP contribution in [0.1, 0.15) is 30.1 Å². The summed E-state index contributed by atoms with van der Waals surface area (Å²) in [5.41, 5.74) is 6.21. The van der Waals surface area contributed by atoms with Crippen LogP contribution in [0, 0.1) is 0 Å². The van der Waals surface area contributed by atoms with Gasteiger partial charge in [0.25, 0.3) is 5.91 Å². The summed E-state index contributed by atoms with van der Waals surface area (Å²) >= 11 is 5.91. The number of nitrogens with zero attached hydrogens (tertiary/aromatic N) is 1. The van der Waals surface area contributed by atoms with Gasteiger partial charge in [-0.1, -0.05) is 17.7 Å². The Labute approximate surface area is 107 Å². The average Bonchev–Trinajstić information content (AvgIpc) is 2.71. The molecule has 1 fully saturated rings. The van der Waals surface area contributed by atoms with Crippen molar-refractivity contribution in [2.75, 3.05) is 13.1 Å². The second-order valence-corrected chi connectivity index (χ2v) is 5.21. The fourth-order valence-electron chi connectivity index (χ4n) is 2.36. The number of amides is 1. The molecule has 4 heteroatoms. The molecular weight excluding hydrogens is 236 g/mol. The summed E-state index contributed by atoms with van der Waals surface area (Å²) in [5.74, 6) is 0.0259. The Hall–Kier alpha value is -1.06. The molecule has 1 amide bonds. The quantitative estimate of drug-likeness (QED) is 0.878. The zero-order valence-corrected chi connectivity index (χ0v) is 10.7. The highest BCUT2D eigenvalue weighted by molar-refractivity contribution is 6.30. The van der Waals surface area contributed by atoms with Gasteiger partial charge in [0.05, 0.1) is 5.54 Å². The molecule has 1 aliphatic rings. The lowest BCUT2D eigenvalue weighted by Crippen LogP contribution is -2.50. The van der Waals surface area contributed by atoms with Crippen LogP contribution >= 0.6 is 11.6 Å². The molecule has 0 radical (unpaired) electrons. The van der Waals surface area contributed by atoms with Crippen molar-refractivity contribution in [3.05, 3.63) is 34.9 Å². The first-order valence-corrected chi connectivity index (χ1v) is 6.22. The van der Waals surface area contributed by atoms with Crippen LogP contribution in [0.5, 0.6) is 0 Å². The molecule has 1 atom stereocenters. The van der Waals surface area contributed by atoms with Gasteiger partial charge in [-0.15, -0.1) is 0 Å². The fourth-order valence-corrected chi connectivity index (χ4v) is 2.55. The number of hydrogen-bond acceptors (Lipinski definition) is 2. The zero-order valence-electron chi connectivity index (χ0n) is 9.95. The van der Waals surface area contributed by atoms with Crippen LogP contribution in [-0.4, -0.2) is 29.4 Å². The van der Waals surface area contributed by atoms with Crippen molar-refractivity contribution >= 4 is 17.5 Å². The minimum Gasteiger partial charge on any atom is -0.332 e. The van der Waals surface area contributed by atoms with Gasteiger partial charge in [-0.25, -0.2) is 0 Å². The smallest absolute Gasteiger partial charge is 0.254 e. The summed E-state index contributed by atoms with van der Waals surface area (Å²) in [6.07, 6.45) is 1.98. The largest absolute Gasteiger partial charge is 0.332 e. The molecule has 1 aliphatic heterocycles. The molecule has 0 aromatic heterocycles. The first kappa shape index (κ1) is 12.4. The summed E-state index contributed by atoms with van der Waals surface area (Å²) in [7, 11) is 0. The Balaban J connectivity index is 2.26. The van der Waals surface area contributed by atoms with E-state index in [0.717, 1.165) is 19.4 Å². The first-order valence-electron chi connectivity index (χ1n) is 5.84. The molecule has 1 unspecified atom stereocenters. The molecule has 1 heterocycles. The third-order valence-electron chi connectivity index (χ3n) is 3.51. The highest BCUT2D eigenvalue weighted by atomic mass is 35.5. The Kier molecular flexibility index (Phi) is 3.40. The third kappa shape index (κ3) is 2.31. The van der Waals surface area contributed by atoms with Crippen LogP contribution in [-0.2, 0) is 0 Å². The van der Waals surface area contributed by atoms with E-state index in [1.807, 2.05) is 11.8 Å². The van der Waals surface area contributed by atoms with E-state index in [1.165, 1.54) is 0 Å². The van der Waals surface area contributed by atoms with Gasteiger partial charge in [-0.2, -0.15) is 0 Å². The average molecular weight is 253 g/mol. The van der Waals surface area contributed by atoms with Crippen molar-refractivity contribution < 1.29 is 4.79 Å². The predicted octanol–water partition coefficient (Wildman–Crippen LogP) is 2.29. The Bertz CT molecular complexity index is 435. The lowest BCUT2D eigenvalue weighted by atomic mass is 9.98. The normalized spacial score (nSPS) is 24.1. The number of hydrogen-bond donors (Lipinski definition) is 1. The molecule has 3 nitrogen and oxygen atoms in total. The maximum Gasteiger partial charge on any atom is 0.254 e. The molecule has 2 N–H and O–H groups in total. The number of likely N-dealkylation sites (tertiary alicyclic amines) is 1. The minimum atomic E-state index is -0.209. The standard InChI is InChI=1S/C13H17ClN2O/c1-13(9-15)6-3-7-16(13)12(17)10-4-2-5-11(14)8-10/h2,4-5,8H,3,6-7,9,15H2,1H3. The second kappa shape index (κ2) is 4.67. The fraction of sp³-hybridized carbons (Fsp3) is 0.462. The van der Waals surface area contributed by atoms with E-state index in [1.54, 1.807) is 24.3 Å². The van der Waals surface area contributed by atoms with Crippen molar-refractivity contribution in [1.82, 2.24) is 4.90 Å². The Morgan fingerprint density at radius 3 is 3.00 bits per heavy atom. The number of halogens is 1. The maximum atomic E-state index is 12.4. The van der Waals surface area contributed by atoms with Gasteiger partial charge in [0.2, 0.25) is 0 Å². The summed E-state index contributed by atoms with van der Waals surface area (Å²) in [4.78, 5) is 14.3. The predicted molar refractivity (Wildman–Crippen MR) is 69.2 cm³/mol. The topological polar surface area (TPSA) is 46.3 Å². The van der Waals surface area contributed by atoms with Crippen LogP contribution in [0.3, 0.4) is 0 Å². The third-order valence-corrected chi connectivity index (χ3v) is 3.74. The molecule has 0 spiro atoms. The van der Waals surface area contributed by atoms with Gasteiger partial charge in [0.15, 0.2) is 0 Å². The summed E-state index contributed by atoms with van der Waals surface area (Å²) in [6.45, 7) is 3.32. The van der Waals surface area contributed by atoms with Crippen LogP contribution in [0.2, 0.25) is 5.02 Å². The van der Waals surface area contributed by atoms with Crippen molar-refractivity contribution in [2.24, 2.45) is 5.73 Å². The molecule has 1 saturated heterocycles. The van der Waals surface area contributed by atoms with E-state index in [2.05, 4.69) is 0 Å². The van der Waals surface area contributed by atoms with E-state index in [0.29, 0.717) is 17.1 Å². The van der Waals surface area contributed by atoms with Gasteiger partial charge < -0.3 is 10.6 Å². The zero-order chi connectivity index (χ0) is 12.5. The van der Waals surface area contributed by atoms with Gasteiger partial charge >= 0.3 is 0 Å². The van der Waals surface area contributed by atoms with E-state index in [-0.39, 0.29) is 11.4 Å². The van der Waals surface area contributed by atoms with Crippen molar-refractivity contribution in [1.29, 1.82) is 0 Å². The Morgan fingerprint density at radius 2 is 2.35 bits per heavy atom. The monoisotopic (exact) mass is 252 g/mol. The lowest BCUT2D eigenvalue weighted by Gasteiger charge is -2.34. The van der Waals surface area contributed by atoms with E-state index in [9.17, 15) is 4.79 Å². The highest BCUT2D eigenvalue weighted by Gasteiger charge is 2.38. The molecule has 2 rings (SSSR count). The number of carbonyl (C=O) groups excluding carboxylic acids is 1. The molecular formula is C13H17ClN2O. The van der Waals surface area contributed by atoms with E-state index < -0.39 is 0 Å². The number of carbonyl (C=O) groups is 1. The summed E-state index contributed by atoms with van der Waals surface area (Å²) < 4.78 is 0. The van der Waals surface area contributed by atoms with Crippen molar-refractivity contribution in [3.8, 4) is 0 Å². The molecule has 0 bridgehead atoms. The van der Waals surface area contributed by atoms with Gasteiger partial charge in [0.1, 0.15) is 0 Å². The highest BCUT2D eigenvalue weighted by Crippen LogP contribution is 2.29. The minimum absolute atomic E-state index is 0.0259. The number of nitrogens with two attached hydrogens (primary N) is 1. The number of rotatable bonds is 2. The van der Waals surface area contributed by atoms with E-state index in [4.69, 9.17) is 17.3 Å². The molecule has 0 saturated carbocycles. The molecule has 17 heavy (non-hydrogen) atoms. The summed E-state index contributed by atoms with van der Waals surface area (Å²) in [5, 5.41) is 0.587. The second-order valence-electron chi connectivity index (χ2n) is 4.77. The first-order chi connectivity index (χ1) is 8.07.